The lowest BCUT2D eigenvalue weighted by molar-refractivity contribution is -0.154. The van der Waals surface area contributed by atoms with Crippen LogP contribution in [0.1, 0.15) is 10.4 Å². The number of rotatable bonds is 5. The highest BCUT2D eigenvalue weighted by atomic mass is 19.4. The van der Waals surface area contributed by atoms with Crippen LogP contribution in [0, 0.1) is 11.5 Å². The third kappa shape index (κ3) is 6.77. The number of benzene rings is 1. The largest absolute Gasteiger partial charge is 0.484 e. The Morgan fingerprint density at radius 2 is 1.61 bits per heavy atom. The molecule has 0 N–H and O–H groups in total. The maximum atomic E-state index is 12.1. The Kier molecular flexibility index (Phi) is 5.67. The van der Waals surface area contributed by atoms with Gasteiger partial charge in [0.05, 0.1) is 0 Å². The highest BCUT2D eigenvalue weighted by Gasteiger charge is 2.30. The lowest BCUT2D eigenvalue weighted by Crippen LogP contribution is -2.21. The standard InChI is InChI=1S/C12H7F6NO4/c13-11(14,15)4-21-7-1-2-9(22-5-12(16,17)18)8(3-7)10(20)23-6-19/h1-3H,4-5H2. The van der Waals surface area contributed by atoms with E-state index in [9.17, 15) is 31.1 Å². The van der Waals surface area contributed by atoms with Crippen LogP contribution in [-0.4, -0.2) is 31.5 Å². The summed E-state index contributed by atoms with van der Waals surface area (Å²) < 4.78 is 85.1. The van der Waals surface area contributed by atoms with E-state index in [4.69, 9.17) is 5.26 Å². The fraction of sp³-hybridized carbons (Fsp3) is 0.333. The van der Waals surface area contributed by atoms with Crippen molar-refractivity contribution in [3.05, 3.63) is 23.8 Å². The normalized spacial score (nSPS) is 11.5. The van der Waals surface area contributed by atoms with Crippen molar-refractivity contribution in [1.82, 2.24) is 0 Å². The van der Waals surface area contributed by atoms with Crippen molar-refractivity contribution < 1.29 is 45.3 Å². The van der Waals surface area contributed by atoms with Gasteiger partial charge >= 0.3 is 18.3 Å². The minimum atomic E-state index is -4.71. The van der Waals surface area contributed by atoms with Gasteiger partial charge in [-0.3, -0.25) is 0 Å². The van der Waals surface area contributed by atoms with Crippen LogP contribution in [0.25, 0.3) is 0 Å². The van der Waals surface area contributed by atoms with Gasteiger partial charge in [-0.05, 0) is 18.2 Å². The molecular weight excluding hydrogens is 336 g/mol. The molecule has 23 heavy (non-hydrogen) atoms. The van der Waals surface area contributed by atoms with Crippen LogP contribution in [0.4, 0.5) is 26.3 Å². The topological polar surface area (TPSA) is 68.5 Å². The van der Waals surface area contributed by atoms with E-state index in [1.807, 2.05) is 0 Å². The molecule has 0 atom stereocenters. The number of esters is 1. The number of halogens is 6. The van der Waals surface area contributed by atoms with Crippen molar-refractivity contribution in [3.8, 4) is 17.8 Å². The molecule has 0 saturated carbocycles. The van der Waals surface area contributed by atoms with E-state index in [2.05, 4.69) is 14.2 Å². The van der Waals surface area contributed by atoms with Gasteiger partial charge in [-0.1, -0.05) is 0 Å². The van der Waals surface area contributed by atoms with Gasteiger partial charge in [-0.15, -0.1) is 5.26 Å². The molecule has 0 spiro atoms. The molecule has 1 aromatic carbocycles. The van der Waals surface area contributed by atoms with E-state index >= 15 is 0 Å². The maximum absolute atomic E-state index is 12.1. The minimum Gasteiger partial charge on any atom is -0.484 e. The van der Waals surface area contributed by atoms with Crippen molar-refractivity contribution in [2.45, 2.75) is 12.4 Å². The second-order valence-corrected chi connectivity index (χ2v) is 3.95. The zero-order valence-corrected chi connectivity index (χ0v) is 11.0. The average molecular weight is 343 g/mol. The zero-order valence-electron chi connectivity index (χ0n) is 11.0. The summed E-state index contributed by atoms with van der Waals surface area (Å²) in [6.45, 7) is -3.43. The molecule has 0 unspecified atom stereocenters. The summed E-state index contributed by atoms with van der Waals surface area (Å²) in [4.78, 5) is 11.5. The van der Waals surface area contributed by atoms with Gasteiger partial charge in [0.1, 0.15) is 17.1 Å². The predicted molar refractivity (Wildman–Crippen MR) is 60.6 cm³/mol. The molecule has 0 amide bonds. The van der Waals surface area contributed by atoms with Crippen LogP contribution in [0.3, 0.4) is 0 Å². The Balaban J connectivity index is 3.01. The van der Waals surface area contributed by atoms with E-state index in [-0.39, 0.29) is 0 Å². The number of carbonyl (C=O) groups is 1. The summed E-state index contributed by atoms with van der Waals surface area (Å²) in [7, 11) is 0. The lowest BCUT2D eigenvalue weighted by Gasteiger charge is -2.14. The molecule has 0 fully saturated rings. The van der Waals surface area contributed by atoms with Gasteiger partial charge < -0.3 is 14.2 Å². The fourth-order valence-corrected chi connectivity index (χ4v) is 1.31. The van der Waals surface area contributed by atoms with Crippen molar-refractivity contribution in [2.24, 2.45) is 0 Å². The third-order valence-electron chi connectivity index (χ3n) is 2.10. The van der Waals surface area contributed by atoms with E-state index in [1.54, 1.807) is 0 Å². The lowest BCUT2D eigenvalue weighted by atomic mass is 10.2. The van der Waals surface area contributed by atoms with Crippen LogP contribution in [0.5, 0.6) is 11.5 Å². The summed E-state index contributed by atoms with van der Waals surface area (Å²) in [5.74, 6) is -2.49. The van der Waals surface area contributed by atoms with Crippen LogP contribution < -0.4 is 9.47 Å². The van der Waals surface area contributed by atoms with E-state index in [0.717, 1.165) is 18.4 Å². The molecule has 0 radical (unpaired) electrons. The first-order valence-electron chi connectivity index (χ1n) is 5.65. The quantitative estimate of drug-likeness (QED) is 0.467. The number of ether oxygens (including phenoxy) is 3. The highest BCUT2D eigenvalue weighted by Crippen LogP contribution is 2.28. The van der Waals surface area contributed by atoms with Crippen LogP contribution in [-0.2, 0) is 4.74 Å². The van der Waals surface area contributed by atoms with Gasteiger partial charge in [0, 0.05) is 0 Å². The van der Waals surface area contributed by atoms with Crippen molar-refractivity contribution in [3.63, 3.8) is 0 Å². The maximum Gasteiger partial charge on any atom is 0.422 e. The number of alkyl halides is 6. The average Bonchev–Trinajstić information content (AvgIpc) is 2.42. The fourth-order valence-electron chi connectivity index (χ4n) is 1.31. The van der Waals surface area contributed by atoms with E-state index < -0.39 is 48.6 Å². The third-order valence-corrected chi connectivity index (χ3v) is 2.10. The number of carbonyl (C=O) groups excluding carboxylic acids is 1. The molecule has 0 aliphatic rings. The molecule has 1 rings (SSSR count). The van der Waals surface area contributed by atoms with E-state index in [1.165, 1.54) is 0 Å². The summed E-state index contributed by atoms with van der Waals surface area (Å²) in [5, 5.41) is 8.23. The van der Waals surface area contributed by atoms with Crippen LogP contribution in [0.15, 0.2) is 18.2 Å². The van der Waals surface area contributed by atoms with Gasteiger partial charge in [0.15, 0.2) is 13.2 Å². The molecule has 0 aromatic heterocycles. The number of hydrogen-bond acceptors (Lipinski definition) is 5. The van der Waals surface area contributed by atoms with Crippen LogP contribution >= 0.6 is 0 Å². The first-order valence-corrected chi connectivity index (χ1v) is 5.65. The Bertz CT molecular complexity index is 605. The van der Waals surface area contributed by atoms with Crippen molar-refractivity contribution in [1.29, 1.82) is 5.26 Å². The number of nitrogens with zero attached hydrogens (tertiary/aromatic N) is 1. The Morgan fingerprint density at radius 1 is 1.04 bits per heavy atom. The number of nitriles is 1. The van der Waals surface area contributed by atoms with Crippen molar-refractivity contribution in [2.75, 3.05) is 13.2 Å². The Labute approximate surface area is 125 Å². The van der Waals surface area contributed by atoms with E-state index in [0.29, 0.717) is 6.07 Å². The highest BCUT2D eigenvalue weighted by molar-refractivity contribution is 5.93. The Morgan fingerprint density at radius 3 is 2.13 bits per heavy atom. The monoisotopic (exact) mass is 343 g/mol. The molecule has 0 heterocycles. The summed E-state index contributed by atoms with van der Waals surface area (Å²) in [6.07, 6.45) is -8.37. The first-order chi connectivity index (χ1) is 10.5. The second-order valence-electron chi connectivity index (χ2n) is 3.95. The van der Waals surface area contributed by atoms with Crippen LogP contribution in [0.2, 0.25) is 0 Å². The Hall–Kier alpha value is -2.64. The predicted octanol–water partition coefficient (Wildman–Crippen LogP) is 3.21. The van der Waals surface area contributed by atoms with Crippen molar-refractivity contribution >= 4 is 5.97 Å². The molecule has 126 valence electrons. The molecule has 0 saturated heterocycles. The second kappa shape index (κ2) is 7.08. The zero-order chi connectivity index (χ0) is 17.7. The minimum absolute atomic E-state index is 0.466. The molecule has 5 nitrogen and oxygen atoms in total. The van der Waals surface area contributed by atoms with Gasteiger partial charge in [-0.2, -0.15) is 26.3 Å². The summed E-state index contributed by atoms with van der Waals surface area (Å²) >= 11 is 0. The molecular formula is C12H7F6NO4. The van der Waals surface area contributed by atoms with Gasteiger partial charge in [0.2, 0.25) is 0 Å². The molecule has 0 aliphatic carbocycles. The molecule has 1 aromatic rings. The SMILES string of the molecule is N#COC(=O)c1cc(OCC(F)(F)F)ccc1OCC(F)(F)F. The number of hydrogen-bond donors (Lipinski definition) is 0. The summed E-state index contributed by atoms with van der Waals surface area (Å²) in [6, 6.07) is 2.35. The summed E-state index contributed by atoms with van der Waals surface area (Å²) in [5.41, 5.74) is -0.685. The molecule has 11 heteroatoms. The molecule has 0 aliphatic heterocycles. The smallest absolute Gasteiger partial charge is 0.422 e. The van der Waals surface area contributed by atoms with Gasteiger partial charge in [-0.25, -0.2) is 4.79 Å². The first kappa shape index (κ1) is 18.4. The molecule has 0 bridgehead atoms. The van der Waals surface area contributed by atoms with Gasteiger partial charge in [0.25, 0.3) is 6.26 Å².